The van der Waals surface area contributed by atoms with Crippen LogP contribution in [0, 0.1) is 17.2 Å². The van der Waals surface area contributed by atoms with E-state index in [0.717, 1.165) is 0 Å². The fraction of sp³-hybridized carbons (Fsp3) is 0.125. The second-order valence-corrected chi connectivity index (χ2v) is 4.86. The Kier molecular flexibility index (Phi) is 2.89. The Balaban J connectivity index is 2.30. The largest absolute Gasteiger partial charge is 0.481 e. The standard InChI is InChI=1S/C16H11NO4/c17-9-10-7-11-4-6-21-14(11)13(8-10)16(20)5-2-1-3-12(16)15(18)19/h1-8,12,20H,(H,18,19). The molecule has 0 spiro atoms. The van der Waals surface area contributed by atoms with Gasteiger partial charge in [-0.1, -0.05) is 18.2 Å². The Bertz CT molecular complexity index is 824. The number of rotatable bonds is 2. The Hall–Kier alpha value is -2.84. The number of furan rings is 1. The first kappa shape index (κ1) is 13.2. The van der Waals surface area contributed by atoms with Crippen LogP contribution in [-0.4, -0.2) is 16.2 Å². The Labute approximate surface area is 120 Å². The number of allylic oxidation sites excluding steroid dienone is 2. The summed E-state index contributed by atoms with van der Waals surface area (Å²) in [7, 11) is 0. The summed E-state index contributed by atoms with van der Waals surface area (Å²) in [5, 5.41) is 30.0. The summed E-state index contributed by atoms with van der Waals surface area (Å²) >= 11 is 0. The molecule has 1 aliphatic carbocycles. The van der Waals surface area contributed by atoms with Gasteiger partial charge in [0.15, 0.2) is 0 Å². The van der Waals surface area contributed by atoms with Crippen molar-refractivity contribution in [3.05, 3.63) is 59.9 Å². The normalized spacial score (nSPS) is 24.1. The number of aliphatic carboxylic acids is 1. The predicted octanol–water partition coefficient (Wildman–Crippen LogP) is 2.32. The van der Waals surface area contributed by atoms with E-state index in [4.69, 9.17) is 9.68 Å². The number of fused-ring (bicyclic) bond motifs is 1. The molecule has 0 bridgehead atoms. The number of carboxylic acid groups (broad SMARTS) is 1. The van der Waals surface area contributed by atoms with Crippen molar-refractivity contribution in [2.75, 3.05) is 0 Å². The first-order chi connectivity index (χ1) is 10.1. The smallest absolute Gasteiger partial charge is 0.314 e. The van der Waals surface area contributed by atoms with Crippen molar-refractivity contribution in [2.24, 2.45) is 5.92 Å². The lowest BCUT2D eigenvalue weighted by atomic mass is 9.77. The van der Waals surface area contributed by atoms with E-state index >= 15 is 0 Å². The van der Waals surface area contributed by atoms with Crippen LogP contribution in [0.15, 0.2) is 53.2 Å². The fourth-order valence-electron chi connectivity index (χ4n) is 2.60. The van der Waals surface area contributed by atoms with Gasteiger partial charge in [-0.3, -0.25) is 4.79 Å². The summed E-state index contributed by atoms with van der Waals surface area (Å²) in [5.41, 5.74) is -0.777. The first-order valence-electron chi connectivity index (χ1n) is 6.29. The van der Waals surface area contributed by atoms with E-state index in [0.29, 0.717) is 16.5 Å². The third kappa shape index (κ3) is 1.93. The molecule has 1 aliphatic rings. The molecular weight excluding hydrogens is 270 g/mol. The highest BCUT2D eigenvalue weighted by Gasteiger charge is 2.42. The van der Waals surface area contributed by atoms with Gasteiger partial charge in [0.25, 0.3) is 0 Å². The molecule has 5 nitrogen and oxygen atoms in total. The van der Waals surface area contributed by atoms with Crippen molar-refractivity contribution in [1.82, 2.24) is 0 Å². The van der Waals surface area contributed by atoms with Gasteiger partial charge < -0.3 is 14.6 Å². The zero-order valence-electron chi connectivity index (χ0n) is 10.9. The van der Waals surface area contributed by atoms with E-state index in [-0.39, 0.29) is 5.56 Å². The number of carbonyl (C=O) groups is 1. The van der Waals surface area contributed by atoms with Crippen molar-refractivity contribution >= 4 is 16.9 Å². The van der Waals surface area contributed by atoms with Gasteiger partial charge in [-0.25, -0.2) is 0 Å². The zero-order chi connectivity index (χ0) is 15.0. The number of hydrogen-bond acceptors (Lipinski definition) is 4. The van der Waals surface area contributed by atoms with Crippen LogP contribution in [0.25, 0.3) is 11.0 Å². The molecular formula is C16H11NO4. The molecule has 0 saturated carbocycles. The molecule has 0 aliphatic heterocycles. The molecule has 3 rings (SSSR count). The molecule has 0 saturated heterocycles. The van der Waals surface area contributed by atoms with Crippen LogP contribution in [-0.2, 0) is 10.4 Å². The lowest BCUT2D eigenvalue weighted by Crippen LogP contribution is -2.38. The van der Waals surface area contributed by atoms with E-state index in [1.54, 1.807) is 24.3 Å². The minimum absolute atomic E-state index is 0.273. The first-order valence-corrected chi connectivity index (χ1v) is 6.29. The molecule has 5 heteroatoms. The number of benzene rings is 1. The summed E-state index contributed by atoms with van der Waals surface area (Å²) in [6.45, 7) is 0. The maximum atomic E-state index is 11.4. The molecule has 2 atom stereocenters. The van der Waals surface area contributed by atoms with E-state index in [9.17, 15) is 15.0 Å². The third-order valence-corrected chi connectivity index (χ3v) is 3.62. The van der Waals surface area contributed by atoms with Gasteiger partial charge in [0, 0.05) is 10.9 Å². The van der Waals surface area contributed by atoms with Gasteiger partial charge in [0.1, 0.15) is 17.1 Å². The number of aliphatic hydroxyl groups is 1. The fourth-order valence-corrected chi connectivity index (χ4v) is 2.60. The predicted molar refractivity (Wildman–Crippen MR) is 74.2 cm³/mol. The molecule has 0 fully saturated rings. The summed E-state index contributed by atoms with van der Waals surface area (Å²) < 4.78 is 5.37. The number of nitrogens with zero attached hydrogens (tertiary/aromatic N) is 1. The van der Waals surface area contributed by atoms with Gasteiger partial charge in [0.05, 0.1) is 17.9 Å². The Morgan fingerprint density at radius 1 is 1.38 bits per heavy atom. The lowest BCUT2D eigenvalue weighted by Gasteiger charge is -2.31. The second-order valence-electron chi connectivity index (χ2n) is 4.86. The van der Waals surface area contributed by atoms with Crippen LogP contribution in [0.5, 0.6) is 0 Å². The van der Waals surface area contributed by atoms with Crippen LogP contribution in [0.2, 0.25) is 0 Å². The monoisotopic (exact) mass is 281 g/mol. The van der Waals surface area contributed by atoms with Gasteiger partial charge in [0.2, 0.25) is 0 Å². The Morgan fingerprint density at radius 3 is 2.90 bits per heavy atom. The van der Waals surface area contributed by atoms with Gasteiger partial charge >= 0.3 is 5.97 Å². The molecule has 2 unspecified atom stereocenters. The van der Waals surface area contributed by atoms with Crippen LogP contribution in [0.1, 0.15) is 11.1 Å². The van der Waals surface area contributed by atoms with Crippen LogP contribution in [0.3, 0.4) is 0 Å². The van der Waals surface area contributed by atoms with Gasteiger partial charge in [-0.2, -0.15) is 5.26 Å². The van der Waals surface area contributed by atoms with Crippen molar-refractivity contribution < 1.29 is 19.4 Å². The topological polar surface area (TPSA) is 94.5 Å². The van der Waals surface area contributed by atoms with Crippen LogP contribution < -0.4 is 0 Å². The summed E-state index contributed by atoms with van der Waals surface area (Å²) in [5.74, 6) is -2.30. The molecule has 104 valence electrons. The quantitative estimate of drug-likeness (QED) is 0.880. The van der Waals surface area contributed by atoms with Crippen molar-refractivity contribution in [3.8, 4) is 6.07 Å². The zero-order valence-corrected chi connectivity index (χ0v) is 10.9. The van der Waals surface area contributed by atoms with Crippen LogP contribution in [0.4, 0.5) is 0 Å². The van der Waals surface area contributed by atoms with Crippen LogP contribution >= 0.6 is 0 Å². The average Bonchev–Trinajstić information content (AvgIpc) is 2.94. The highest BCUT2D eigenvalue weighted by Crippen LogP contribution is 2.39. The molecule has 2 N–H and O–H groups in total. The number of hydrogen-bond donors (Lipinski definition) is 2. The summed E-state index contributed by atoms with van der Waals surface area (Å²) in [6.07, 6.45) is 7.41. The van der Waals surface area contributed by atoms with E-state index in [1.807, 2.05) is 6.07 Å². The maximum absolute atomic E-state index is 11.4. The van der Waals surface area contributed by atoms with E-state index < -0.39 is 17.5 Å². The minimum Gasteiger partial charge on any atom is -0.481 e. The molecule has 1 aromatic carbocycles. The van der Waals surface area contributed by atoms with E-state index in [1.165, 1.54) is 24.5 Å². The van der Waals surface area contributed by atoms with Crippen molar-refractivity contribution in [2.45, 2.75) is 5.60 Å². The second kappa shape index (κ2) is 4.62. The maximum Gasteiger partial charge on any atom is 0.314 e. The van der Waals surface area contributed by atoms with Gasteiger partial charge in [-0.05, 0) is 24.3 Å². The number of carboxylic acids is 1. The molecule has 1 heterocycles. The summed E-state index contributed by atoms with van der Waals surface area (Å²) in [4.78, 5) is 11.4. The van der Waals surface area contributed by atoms with Gasteiger partial charge in [-0.15, -0.1) is 0 Å². The Morgan fingerprint density at radius 2 is 2.19 bits per heavy atom. The SMILES string of the molecule is N#Cc1cc(C2(O)C=CC=CC2C(=O)O)c2occc2c1. The third-order valence-electron chi connectivity index (χ3n) is 3.62. The highest BCUT2D eigenvalue weighted by atomic mass is 16.4. The average molecular weight is 281 g/mol. The molecule has 2 aromatic rings. The minimum atomic E-state index is -1.76. The lowest BCUT2D eigenvalue weighted by molar-refractivity contribution is -0.146. The molecule has 0 amide bonds. The highest BCUT2D eigenvalue weighted by molar-refractivity contribution is 5.85. The summed E-state index contributed by atoms with van der Waals surface area (Å²) in [6, 6.07) is 6.77. The van der Waals surface area contributed by atoms with Crippen molar-refractivity contribution in [1.29, 1.82) is 5.26 Å². The molecule has 0 radical (unpaired) electrons. The van der Waals surface area contributed by atoms with Crippen molar-refractivity contribution in [3.63, 3.8) is 0 Å². The van der Waals surface area contributed by atoms with E-state index in [2.05, 4.69) is 0 Å². The molecule has 1 aromatic heterocycles. The molecule has 21 heavy (non-hydrogen) atoms. The number of nitriles is 1.